The second-order valence-electron chi connectivity index (χ2n) is 3.01. The van der Waals surface area contributed by atoms with Crippen molar-refractivity contribution in [1.29, 1.82) is 0 Å². The third-order valence-corrected chi connectivity index (χ3v) is 2.54. The molecular weight excluding hydrogens is 132 g/mol. The van der Waals surface area contributed by atoms with E-state index in [0.717, 1.165) is 19.3 Å². The zero-order valence-corrected chi connectivity index (χ0v) is 6.35. The molecular formula is C7H12O3. The van der Waals surface area contributed by atoms with Crippen LogP contribution < -0.4 is 0 Å². The maximum atomic E-state index is 5.48. The zero-order chi connectivity index (χ0) is 7.24. The Kier molecular flexibility index (Phi) is 1.14. The summed E-state index contributed by atoms with van der Waals surface area (Å²) in [5, 5.41) is 0. The molecule has 58 valence electrons. The van der Waals surface area contributed by atoms with E-state index in [-0.39, 0.29) is 11.6 Å². The van der Waals surface area contributed by atoms with Gasteiger partial charge in [0.05, 0.1) is 6.42 Å². The van der Waals surface area contributed by atoms with Crippen molar-refractivity contribution in [2.75, 3.05) is 14.2 Å². The number of ether oxygens (including phenoxy) is 3. The minimum Gasteiger partial charge on any atom is -0.353 e. The third-order valence-electron chi connectivity index (χ3n) is 2.54. The Morgan fingerprint density at radius 1 is 1.10 bits per heavy atom. The van der Waals surface area contributed by atoms with E-state index in [1.807, 2.05) is 0 Å². The Bertz CT molecular complexity index is 133. The van der Waals surface area contributed by atoms with Crippen molar-refractivity contribution in [2.24, 2.45) is 0 Å². The zero-order valence-electron chi connectivity index (χ0n) is 6.35. The van der Waals surface area contributed by atoms with E-state index >= 15 is 0 Å². The fraction of sp³-hybridized carbons (Fsp3) is 1.00. The standard InChI is InChI=1S/C7H12O3/c1-8-6-3-4-7(5-6,9-2)10-6/h3-5H2,1-2H3. The van der Waals surface area contributed by atoms with Crippen molar-refractivity contribution < 1.29 is 14.2 Å². The number of rotatable bonds is 2. The Hall–Kier alpha value is -0.120. The lowest BCUT2D eigenvalue weighted by molar-refractivity contribution is -0.404. The van der Waals surface area contributed by atoms with E-state index in [1.54, 1.807) is 14.2 Å². The summed E-state index contributed by atoms with van der Waals surface area (Å²) in [6, 6.07) is 0. The van der Waals surface area contributed by atoms with E-state index in [1.165, 1.54) is 0 Å². The monoisotopic (exact) mass is 144 g/mol. The van der Waals surface area contributed by atoms with Crippen molar-refractivity contribution in [1.82, 2.24) is 0 Å². The van der Waals surface area contributed by atoms with Crippen LogP contribution in [0.1, 0.15) is 19.3 Å². The van der Waals surface area contributed by atoms with Gasteiger partial charge in [-0.05, 0) is 0 Å². The first-order chi connectivity index (χ1) is 4.74. The van der Waals surface area contributed by atoms with Gasteiger partial charge in [0.15, 0.2) is 11.6 Å². The van der Waals surface area contributed by atoms with Crippen LogP contribution in [0.4, 0.5) is 0 Å². The molecule has 0 aromatic rings. The highest BCUT2D eigenvalue weighted by Crippen LogP contribution is 2.55. The highest BCUT2D eigenvalue weighted by atomic mass is 16.8. The molecule has 3 heteroatoms. The first-order valence-electron chi connectivity index (χ1n) is 3.55. The van der Waals surface area contributed by atoms with Crippen LogP contribution in [-0.2, 0) is 14.2 Å². The Morgan fingerprint density at radius 3 is 1.70 bits per heavy atom. The quantitative estimate of drug-likeness (QED) is 0.576. The van der Waals surface area contributed by atoms with Crippen molar-refractivity contribution in [3.63, 3.8) is 0 Å². The van der Waals surface area contributed by atoms with Gasteiger partial charge in [0, 0.05) is 27.1 Å². The molecule has 3 aliphatic rings. The molecule has 1 aliphatic carbocycles. The number of fused-ring (bicyclic) bond motifs is 1. The van der Waals surface area contributed by atoms with Crippen molar-refractivity contribution in [2.45, 2.75) is 30.8 Å². The van der Waals surface area contributed by atoms with Crippen LogP contribution in [0.2, 0.25) is 0 Å². The van der Waals surface area contributed by atoms with Gasteiger partial charge >= 0.3 is 0 Å². The first kappa shape index (κ1) is 6.58. The van der Waals surface area contributed by atoms with Gasteiger partial charge in [0.2, 0.25) is 0 Å². The van der Waals surface area contributed by atoms with Gasteiger partial charge in [0.25, 0.3) is 0 Å². The Balaban J connectivity index is 2.06. The van der Waals surface area contributed by atoms with Crippen LogP contribution in [0.15, 0.2) is 0 Å². The molecule has 0 N–H and O–H groups in total. The summed E-state index contributed by atoms with van der Waals surface area (Å²) in [5.41, 5.74) is 0. The summed E-state index contributed by atoms with van der Waals surface area (Å²) >= 11 is 0. The average Bonchev–Trinajstić information content (AvgIpc) is 2.40. The van der Waals surface area contributed by atoms with Crippen LogP contribution in [-0.4, -0.2) is 25.8 Å². The summed E-state index contributed by atoms with van der Waals surface area (Å²) in [5.74, 6) is -0.563. The molecule has 2 atom stereocenters. The van der Waals surface area contributed by atoms with Crippen LogP contribution in [0.25, 0.3) is 0 Å². The van der Waals surface area contributed by atoms with E-state index in [0.29, 0.717) is 0 Å². The van der Waals surface area contributed by atoms with Gasteiger partial charge in [-0.2, -0.15) is 0 Å². The van der Waals surface area contributed by atoms with Crippen LogP contribution in [0.3, 0.4) is 0 Å². The minimum atomic E-state index is -0.282. The van der Waals surface area contributed by atoms with Crippen LogP contribution >= 0.6 is 0 Å². The molecule has 3 nitrogen and oxygen atoms in total. The second kappa shape index (κ2) is 1.72. The lowest BCUT2D eigenvalue weighted by Crippen LogP contribution is -2.53. The lowest BCUT2D eigenvalue weighted by Gasteiger charge is -2.44. The third kappa shape index (κ3) is 0.603. The SMILES string of the molecule is COC12CCC(OC)(C1)O2. The van der Waals surface area contributed by atoms with Crippen molar-refractivity contribution >= 4 is 0 Å². The molecule has 1 saturated carbocycles. The Labute approximate surface area is 60.3 Å². The molecule has 10 heavy (non-hydrogen) atoms. The molecule has 2 heterocycles. The molecule has 0 radical (unpaired) electrons. The molecule has 2 bridgehead atoms. The molecule has 3 fully saturated rings. The smallest absolute Gasteiger partial charge is 0.176 e. The summed E-state index contributed by atoms with van der Waals surface area (Å²) in [6.45, 7) is 0. The molecule has 0 aromatic heterocycles. The fourth-order valence-corrected chi connectivity index (χ4v) is 1.83. The highest BCUT2D eigenvalue weighted by molar-refractivity contribution is 5.00. The van der Waals surface area contributed by atoms with Crippen LogP contribution in [0, 0.1) is 0 Å². The van der Waals surface area contributed by atoms with Crippen molar-refractivity contribution in [3.05, 3.63) is 0 Å². The summed E-state index contributed by atoms with van der Waals surface area (Å²) in [6.07, 6.45) is 2.84. The summed E-state index contributed by atoms with van der Waals surface area (Å²) < 4.78 is 15.9. The van der Waals surface area contributed by atoms with E-state index in [4.69, 9.17) is 14.2 Å². The first-order valence-corrected chi connectivity index (χ1v) is 3.55. The molecule has 0 amide bonds. The van der Waals surface area contributed by atoms with Gasteiger partial charge in [-0.25, -0.2) is 0 Å². The topological polar surface area (TPSA) is 27.7 Å². The van der Waals surface area contributed by atoms with Gasteiger partial charge in [-0.3, -0.25) is 0 Å². The average molecular weight is 144 g/mol. The predicted molar refractivity (Wildman–Crippen MR) is 34.4 cm³/mol. The largest absolute Gasteiger partial charge is 0.353 e. The molecule has 2 saturated heterocycles. The predicted octanol–water partition coefficient (Wildman–Crippen LogP) is 0.886. The second-order valence-corrected chi connectivity index (χ2v) is 3.01. The van der Waals surface area contributed by atoms with Crippen molar-refractivity contribution in [3.8, 4) is 0 Å². The van der Waals surface area contributed by atoms with E-state index in [9.17, 15) is 0 Å². The van der Waals surface area contributed by atoms with E-state index < -0.39 is 0 Å². The molecule has 0 aromatic carbocycles. The molecule has 0 spiro atoms. The van der Waals surface area contributed by atoms with Crippen LogP contribution in [0.5, 0.6) is 0 Å². The number of methoxy groups -OCH3 is 2. The maximum absolute atomic E-state index is 5.48. The fourth-order valence-electron chi connectivity index (χ4n) is 1.83. The summed E-state index contributed by atoms with van der Waals surface area (Å²) in [4.78, 5) is 0. The Morgan fingerprint density at radius 2 is 1.50 bits per heavy atom. The number of hydrogen-bond acceptors (Lipinski definition) is 3. The normalized spacial score (nSPS) is 51.0. The highest BCUT2D eigenvalue weighted by Gasteiger charge is 2.64. The molecule has 2 aliphatic heterocycles. The molecule has 2 unspecified atom stereocenters. The maximum Gasteiger partial charge on any atom is 0.176 e. The van der Waals surface area contributed by atoms with Gasteiger partial charge in [-0.1, -0.05) is 0 Å². The summed E-state index contributed by atoms with van der Waals surface area (Å²) in [7, 11) is 3.37. The number of hydrogen-bond donors (Lipinski definition) is 0. The van der Waals surface area contributed by atoms with Gasteiger partial charge in [-0.15, -0.1) is 0 Å². The lowest BCUT2D eigenvalue weighted by atomic mass is 10.1. The van der Waals surface area contributed by atoms with Gasteiger partial charge < -0.3 is 14.2 Å². The van der Waals surface area contributed by atoms with Gasteiger partial charge in [0.1, 0.15) is 0 Å². The van der Waals surface area contributed by atoms with E-state index in [2.05, 4.69) is 0 Å². The minimum absolute atomic E-state index is 0.282. The molecule has 3 rings (SSSR count).